The molecule has 12 N–H and O–H groups in total. The third-order valence-corrected chi connectivity index (χ3v) is 7.02. The van der Waals surface area contributed by atoms with Crippen molar-refractivity contribution in [3.63, 3.8) is 0 Å². The molecule has 0 bridgehead atoms. The van der Waals surface area contributed by atoms with E-state index in [-0.39, 0.29) is 41.6 Å². The summed E-state index contributed by atoms with van der Waals surface area (Å²) in [6, 6.07) is 5.23. The van der Waals surface area contributed by atoms with Gasteiger partial charge < -0.3 is 53.6 Å². The largest absolute Gasteiger partial charge is 0.506 e. The Hall–Kier alpha value is -4.38. The number of nitrogens with zero attached hydrogens (tertiary/aromatic N) is 5. The van der Waals surface area contributed by atoms with Crippen LogP contribution in [0.5, 0.6) is 11.5 Å². The fourth-order valence-corrected chi connectivity index (χ4v) is 5.13. The number of carbonyl (C=O) groups is 1. The summed E-state index contributed by atoms with van der Waals surface area (Å²) < 4.78 is 27.0. The molecule has 3 aromatic rings. The molecule has 42 heavy (non-hydrogen) atoms. The minimum atomic E-state index is -1.55. The van der Waals surface area contributed by atoms with Gasteiger partial charge in [0.2, 0.25) is 23.7 Å². The van der Waals surface area contributed by atoms with Gasteiger partial charge in [-0.25, -0.2) is 4.39 Å². The second kappa shape index (κ2) is 11.8. The van der Waals surface area contributed by atoms with Crippen LogP contribution in [-0.4, -0.2) is 81.4 Å². The van der Waals surface area contributed by atoms with Gasteiger partial charge in [-0.2, -0.15) is 19.3 Å². The number of hydrogen-bond donors (Lipinski definition) is 8. The van der Waals surface area contributed by atoms with E-state index in [1.807, 2.05) is 9.80 Å². The number of amides is 1. The number of piperidine rings is 2. The van der Waals surface area contributed by atoms with Crippen LogP contribution in [0, 0.1) is 11.6 Å². The molecule has 4 atom stereocenters. The number of carbonyl (C=O) groups excluding carboxylic acids is 1. The molecule has 2 fully saturated rings. The lowest BCUT2D eigenvalue weighted by molar-refractivity contribution is 0.102. The average Bonchev–Trinajstić information content (AvgIpc) is 2.92. The van der Waals surface area contributed by atoms with E-state index in [2.05, 4.69) is 25.6 Å². The monoisotopic (exact) mass is 585 g/mol. The first-order valence-electron chi connectivity index (χ1n) is 13.3. The van der Waals surface area contributed by atoms with Gasteiger partial charge in [0.25, 0.3) is 5.91 Å². The Kier molecular flexibility index (Phi) is 8.22. The molecule has 0 spiro atoms. The first-order chi connectivity index (χ1) is 20.0. The van der Waals surface area contributed by atoms with Crippen LogP contribution < -0.4 is 43.4 Å². The number of nitrogens with one attached hydrogen (secondary N) is 2. The smallest absolute Gasteiger partial charge is 0.259 e. The van der Waals surface area contributed by atoms with Gasteiger partial charge in [-0.15, -0.1) is 0 Å². The Balaban J connectivity index is 1.40. The zero-order valence-electron chi connectivity index (χ0n) is 22.5. The molecule has 2 aliphatic heterocycles. The van der Waals surface area contributed by atoms with Crippen molar-refractivity contribution in [3.05, 3.63) is 47.5 Å². The Morgan fingerprint density at radius 3 is 1.90 bits per heavy atom. The normalized spacial score (nSPS) is 22.6. The lowest BCUT2D eigenvalue weighted by Gasteiger charge is -2.37. The van der Waals surface area contributed by atoms with Crippen LogP contribution >= 0.6 is 0 Å². The van der Waals surface area contributed by atoms with Gasteiger partial charge in [-0.3, -0.25) is 4.79 Å². The van der Waals surface area contributed by atoms with Crippen molar-refractivity contribution in [1.29, 1.82) is 0 Å². The highest BCUT2D eigenvalue weighted by Crippen LogP contribution is 2.31. The molecule has 2 aromatic carbocycles. The van der Waals surface area contributed by atoms with Crippen molar-refractivity contribution in [1.82, 2.24) is 15.0 Å². The molecule has 224 valence electrons. The molecule has 0 aliphatic carbocycles. The zero-order valence-corrected chi connectivity index (χ0v) is 22.5. The van der Waals surface area contributed by atoms with Gasteiger partial charge in [0.15, 0.2) is 11.6 Å². The minimum Gasteiger partial charge on any atom is -0.506 e. The highest BCUT2D eigenvalue weighted by atomic mass is 19.2. The molecule has 3 heterocycles. The van der Waals surface area contributed by atoms with Gasteiger partial charge in [0, 0.05) is 62.1 Å². The van der Waals surface area contributed by atoms with Crippen molar-refractivity contribution < 1.29 is 23.8 Å². The maximum atomic E-state index is 13.7. The highest BCUT2D eigenvalue weighted by Gasteiger charge is 2.29. The number of anilines is 5. The maximum absolute atomic E-state index is 13.7. The van der Waals surface area contributed by atoms with Crippen LogP contribution in [0.2, 0.25) is 0 Å². The van der Waals surface area contributed by atoms with Crippen LogP contribution in [0.15, 0.2) is 30.3 Å². The van der Waals surface area contributed by atoms with Gasteiger partial charge in [0.05, 0.1) is 11.3 Å². The summed E-state index contributed by atoms with van der Waals surface area (Å²) in [6.07, 6.45) is 1.35. The molecule has 0 radical (unpaired) electrons. The predicted octanol–water partition coefficient (Wildman–Crippen LogP) is 0.286. The molecular formula is C26H33F2N11O3. The topological polar surface area (TPSA) is 231 Å². The molecular weight excluding hydrogens is 552 g/mol. The van der Waals surface area contributed by atoms with E-state index in [1.165, 1.54) is 18.2 Å². The highest BCUT2D eigenvalue weighted by molar-refractivity contribution is 6.07. The fourth-order valence-electron chi connectivity index (χ4n) is 5.13. The van der Waals surface area contributed by atoms with Gasteiger partial charge in [0.1, 0.15) is 5.75 Å². The van der Waals surface area contributed by atoms with Gasteiger partial charge >= 0.3 is 0 Å². The van der Waals surface area contributed by atoms with Crippen LogP contribution in [0.25, 0.3) is 0 Å². The number of rotatable bonds is 6. The van der Waals surface area contributed by atoms with Crippen molar-refractivity contribution in [2.24, 2.45) is 22.9 Å². The average molecular weight is 586 g/mol. The van der Waals surface area contributed by atoms with E-state index in [0.29, 0.717) is 62.7 Å². The summed E-state index contributed by atoms with van der Waals surface area (Å²) in [5, 5.41) is 25.8. The Bertz CT molecular complexity index is 1420. The predicted molar refractivity (Wildman–Crippen MR) is 153 cm³/mol. The third-order valence-electron chi connectivity index (χ3n) is 7.02. The summed E-state index contributed by atoms with van der Waals surface area (Å²) in [4.78, 5) is 30.1. The van der Waals surface area contributed by atoms with Crippen molar-refractivity contribution >= 4 is 35.1 Å². The fraction of sp³-hybridized carbons (Fsp3) is 0.385. The molecule has 1 amide bonds. The lowest BCUT2D eigenvalue weighted by atomic mass is 10.0. The molecule has 14 nitrogen and oxygen atoms in total. The summed E-state index contributed by atoms with van der Waals surface area (Å²) in [5.41, 5.74) is 24.6. The summed E-state index contributed by atoms with van der Waals surface area (Å²) in [5.74, 6) is -4.42. The van der Waals surface area contributed by atoms with E-state index in [1.54, 1.807) is 0 Å². The number of hydrogen-bond acceptors (Lipinski definition) is 13. The van der Waals surface area contributed by atoms with Gasteiger partial charge in [-0.05, 0) is 37.1 Å². The second-order valence-electron chi connectivity index (χ2n) is 10.6. The van der Waals surface area contributed by atoms with Crippen LogP contribution in [0.4, 0.5) is 38.0 Å². The number of halogens is 2. The maximum Gasteiger partial charge on any atom is 0.259 e. The molecule has 2 aliphatic rings. The van der Waals surface area contributed by atoms with E-state index in [4.69, 9.17) is 22.9 Å². The Morgan fingerprint density at radius 1 is 0.833 bits per heavy atom. The summed E-state index contributed by atoms with van der Waals surface area (Å²) >= 11 is 0. The molecule has 0 unspecified atom stereocenters. The molecule has 0 saturated carbocycles. The number of aromatic nitrogens is 3. The van der Waals surface area contributed by atoms with E-state index < -0.39 is 28.9 Å². The third kappa shape index (κ3) is 6.41. The summed E-state index contributed by atoms with van der Waals surface area (Å²) in [6.45, 7) is 1.99. The molecule has 1 aromatic heterocycles. The van der Waals surface area contributed by atoms with Crippen molar-refractivity contribution in [2.45, 2.75) is 37.0 Å². The lowest BCUT2D eigenvalue weighted by Crippen LogP contribution is -2.54. The molecule has 2 saturated heterocycles. The SMILES string of the molecule is N[C@@H]1C[C@H](N)CN(c2nc(Nc3ccc(NC(=O)c4ccc(F)c(F)c4O)c(O)c3)nc(N3C[C@H](N)C[C@H](N)C3)n2)C1. The van der Waals surface area contributed by atoms with Crippen LogP contribution in [-0.2, 0) is 0 Å². The first kappa shape index (κ1) is 29.1. The minimum absolute atomic E-state index is 0.0423. The van der Waals surface area contributed by atoms with Crippen molar-refractivity contribution in [3.8, 4) is 11.5 Å². The second-order valence-corrected chi connectivity index (χ2v) is 10.6. The Labute approximate surface area is 239 Å². The Morgan fingerprint density at radius 2 is 1.38 bits per heavy atom. The standard InChI is InChI=1S/C26H33F2N11O3/c27-18-3-2-17(22(41)21(18)28)23(42)34-19-4-1-16(7-20(19)40)33-24-35-25(38-8-12(29)5-13(30)9-38)37-26(36-24)39-10-14(31)6-15(32)11-39/h1-4,7,12-15,40-41H,5-6,8-11,29-32H2,(H,34,42)(H,33,35,36,37)/t12-,13+,14-,15+. The number of nitrogens with two attached hydrogens (primary N) is 4. The molecule has 5 rings (SSSR count). The van der Waals surface area contributed by atoms with Gasteiger partial charge in [-0.1, -0.05) is 0 Å². The number of aromatic hydroxyl groups is 2. The van der Waals surface area contributed by atoms with E-state index >= 15 is 0 Å². The van der Waals surface area contributed by atoms with E-state index in [9.17, 15) is 23.8 Å². The van der Waals surface area contributed by atoms with E-state index in [0.717, 1.165) is 6.07 Å². The van der Waals surface area contributed by atoms with Crippen LogP contribution in [0.1, 0.15) is 23.2 Å². The molecule has 16 heteroatoms. The first-order valence-corrected chi connectivity index (χ1v) is 13.3. The number of phenols is 2. The quantitative estimate of drug-likeness (QED) is 0.182. The summed E-state index contributed by atoms with van der Waals surface area (Å²) in [7, 11) is 0. The number of benzene rings is 2. The zero-order chi connectivity index (χ0) is 30.1. The van der Waals surface area contributed by atoms with Crippen molar-refractivity contribution in [2.75, 3.05) is 46.6 Å². The van der Waals surface area contributed by atoms with Crippen LogP contribution in [0.3, 0.4) is 0 Å². The number of phenolic OH excluding ortho intramolecular Hbond substituents is 2.